The first-order valence-electron chi connectivity index (χ1n) is 7.65. The van der Waals surface area contributed by atoms with Crippen LogP contribution in [-0.4, -0.2) is 13.5 Å². The Morgan fingerprint density at radius 2 is 1.80 bits per heavy atom. The highest BCUT2D eigenvalue weighted by Gasteiger charge is 2.18. The summed E-state index contributed by atoms with van der Waals surface area (Å²) in [4.78, 5) is 0. The van der Waals surface area contributed by atoms with Crippen molar-refractivity contribution >= 4 is 17.3 Å². The Labute approximate surface area is 150 Å². The van der Waals surface area contributed by atoms with E-state index in [1.54, 1.807) is 32.1 Å². The van der Waals surface area contributed by atoms with Gasteiger partial charge in [0.15, 0.2) is 0 Å². The van der Waals surface area contributed by atoms with Crippen molar-refractivity contribution in [1.29, 1.82) is 0 Å². The van der Waals surface area contributed by atoms with Gasteiger partial charge in [-0.05, 0) is 37.6 Å². The van der Waals surface area contributed by atoms with E-state index in [9.17, 15) is 17.6 Å². The summed E-state index contributed by atoms with van der Waals surface area (Å²) in [5, 5.41) is 2.65. The van der Waals surface area contributed by atoms with Crippen molar-refractivity contribution in [3.05, 3.63) is 75.9 Å². The number of halogens is 5. The van der Waals surface area contributed by atoms with E-state index in [1.165, 1.54) is 19.2 Å². The minimum atomic E-state index is -2.62. The highest BCUT2D eigenvalue weighted by molar-refractivity contribution is 6.29. The zero-order valence-corrected chi connectivity index (χ0v) is 15.0. The second kappa shape index (κ2) is 10.1. The standard InChI is InChI=1S/C19H20ClF4N/c1-4-7-12(5-2)14(10-13(20)11-17(23)24)19(25-3)18-15(21)8-6-9-16(18)22/h4-10,17,25H,11H2,1-3H3/b7-4-,12-5+,13-10+,19-14-. The molecule has 0 radical (unpaired) electrons. The fourth-order valence-corrected chi connectivity index (χ4v) is 2.54. The number of allylic oxidation sites excluding steroid dienone is 7. The molecule has 0 aliphatic heterocycles. The van der Waals surface area contributed by atoms with E-state index in [4.69, 9.17) is 11.6 Å². The first kappa shape index (κ1) is 21.0. The Kier molecular flexibility index (Phi) is 8.49. The van der Waals surface area contributed by atoms with Gasteiger partial charge in [0.1, 0.15) is 11.6 Å². The molecule has 1 aromatic carbocycles. The summed E-state index contributed by atoms with van der Waals surface area (Å²) in [6.07, 6.45) is 3.18. The van der Waals surface area contributed by atoms with E-state index in [2.05, 4.69) is 5.32 Å². The molecule has 1 aromatic rings. The Bertz CT molecular complexity index is 698. The smallest absolute Gasteiger partial charge is 0.243 e. The van der Waals surface area contributed by atoms with Crippen LogP contribution >= 0.6 is 11.6 Å². The molecule has 0 amide bonds. The summed E-state index contributed by atoms with van der Waals surface area (Å²) in [7, 11) is 1.50. The van der Waals surface area contributed by atoms with Crippen LogP contribution in [-0.2, 0) is 0 Å². The number of benzene rings is 1. The maximum absolute atomic E-state index is 14.2. The van der Waals surface area contributed by atoms with Crippen LogP contribution in [0.4, 0.5) is 17.6 Å². The molecule has 0 aromatic heterocycles. The zero-order chi connectivity index (χ0) is 19.0. The molecule has 0 bridgehead atoms. The van der Waals surface area contributed by atoms with Crippen LogP contribution in [0.3, 0.4) is 0 Å². The SMILES string of the molecule is C\C=C/C(=C\C)C(/C=C(/Cl)CC(F)F)=C(\NC)c1c(F)cccc1F. The molecular weight excluding hydrogens is 354 g/mol. The fourth-order valence-electron chi connectivity index (χ4n) is 2.31. The van der Waals surface area contributed by atoms with Crippen molar-refractivity contribution in [2.24, 2.45) is 0 Å². The third kappa shape index (κ3) is 5.78. The molecule has 1 rings (SSSR count). The molecular formula is C19H20ClF4N. The van der Waals surface area contributed by atoms with Crippen molar-refractivity contribution < 1.29 is 17.6 Å². The summed E-state index contributed by atoms with van der Waals surface area (Å²) in [5.41, 5.74) is 0.746. The Hall–Kier alpha value is -2.01. The molecule has 0 spiro atoms. The second-order valence-electron chi connectivity index (χ2n) is 5.07. The maximum atomic E-state index is 14.2. The number of nitrogens with one attached hydrogen (secondary N) is 1. The molecule has 0 saturated carbocycles. The van der Waals surface area contributed by atoms with Gasteiger partial charge in [-0.2, -0.15) is 0 Å². The Morgan fingerprint density at radius 3 is 2.24 bits per heavy atom. The van der Waals surface area contributed by atoms with Crippen molar-refractivity contribution in [1.82, 2.24) is 5.32 Å². The summed E-state index contributed by atoms with van der Waals surface area (Å²) in [6, 6.07) is 3.51. The molecule has 0 fully saturated rings. The normalized spacial score (nSPS) is 14.3. The van der Waals surface area contributed by atoms with Crippen LogP contribution in [0.1, 0.15) is 25.8 Å². The van der Waals surface area contributed by atoms with Gasteiger partial charge in [-0.25, -0.2) is 17.6 Å². The third-order valence-electron chi connectivity index (χ3n) is 3.35. The topological polar surface area (TPSA) is 12.0 Å². The van der Waals surface area contributed by atoms with Crippen LogP contribution in [0, 0.1) is 11.6 Å². The van der Waals surface area contributed by atoms with Crippen LogP contribution in [0.15, 0.2) is 58.7 Å². The van der Waals surface area contributed by atoms with Crippen LogP contribution < -0.4 is 5.32 Å². The van der Waals surface area contributed by atoms with E-state index in [-0.39, 0.29) is 16.3 Å². The molecule has 6 heteroatoms. The molecule has 1 N–H and O–H groups in total. The van der Waals surface area contributed by atoms with Gasteiger partial charge in [0, 0.05) is 24.1 Å². The van der Waals surface area contributed by atoms with Gasteiger partial charge < -0.3 is 5.32 Å². The molecule has 0 aliphatic carbocycles. The summed E-state index contributed by atoms with van der Waals surface area (Å²) in [5.74, 6) is -1.53. The predicted molar refractivity (Wildman–Crippen MR) is 95.5 cm³/mol. The van der Waals surface area contributed by atoms with Gasteiger partial charge in [-0.15, -0.1) is 0 Å². The number of alkyl halides is 2. The monoisotopic (exact) mass is 373 g/mol. The van der Waals surface area contributed by atoms with Crippen LogP contribution in [0.2, 0.25) is 0 Å². The van der Waals surface area contributed by atoms with Crippen LogP contribution in [0.25, 0.3) is 5.70 Å². The van der Waals surface area contributed by atoms with E-state index < -0.39 is 24.5 Å². The summed E-state index contributed by atoms with van der Waals surface area (Å²) < 4.78 is 53.6. The maximum Gasteiger partial charge on any atom is 0.243 e. The second-order valence-corrected chi connectivity index (χ2v) is 5.55. The quantitative estimate of drug-likeness (QED) is 0.443. The minimum absolute atomic E-state index is 0.113. The van der Waals surface area contributed by atoms with E-state index >= 15 is 0 Å². The molecule has 0 heterocycles. The molecule has 1 nitrogen and oxygen atoms in total. The summed E-state index contributed by atoms with van der Waals surface area (Å²) >= 11 is 5.92. The van der Waals surface area contributed by atoms with E-state index in [0.717, 1.165) is 12.1 Å². The zero-order valence-electron chi connectivity index (χ0n) is 14.2. The molecule has 0 aliphatic rings. The molecule has 25 heavy (non-hydrogen) atoms. The average Bonchev–Trinajstić information content (AvgIpc) is 2.54. The molecule has 136 valence electrons. The summed E-state index contributed by atoms with van der Waals surface area (Å²) in [6.45, 7) is 3.50. The largest absolute Gasteiger partial charge is 0.387 e. The lowest BCUT2D eigenvalue weighted by Gasteiger charge is -2.16. The van der Waals surface area contributed by atoms with Gasteiger partial charge >= 0.3 is 0 Å². The fraction of sp³-hybridized carbons (Fsp3) is 0.263. The van der Waals surface area contributed by atoms with Gasteiger partial charge in [0.2, 0.25) is 6.43 Å². The van der Waals surface area contributed by atoms with Gasteiger partial charge in [-0.3, -0.25) is 0 Å². The highest BCUT2D eigenvalue weighted by Crippen LogP contribution is 2.30. The Morgan fingerprint density at radius 1 is 1.20 bits per heavy atom. The van der Waals surface area contributed by atoms with Crippen LogP contribution in [0.5, 0.6) is 0 Å². The van der Waals surface area contributed by atoms with E-state index in [0.29, 0.717) is 11.1 Å². The third-order valence-corrected chi connectivity index (χ3v) is 3.61. The molecule has 0 atom stereocenters. The lowest BCUT2D eigenvalue weighted by Crippen LogP contribution is -2.12. The number of hydrogen-bond acceptors (Lipinski definition) is 1. The molecule has 0 unspecified atom stereocenters. The van der Waals surface area contributed by atoms with Crippen molar-refractivity contribution in [2.45, 2.75) is 26.7 Å². The van der Waals surface area contributed by atoms with Crippen molar-refractivity contribution in [3.8, 4) is 0 Å². The van der Waals surface area contributed by atoms with E-state index in [1.807, 2.05) is 0 Å². The first-order chi connectivity index (χ1) is 11.8. The lowest BCUT2D eigenvalue weighted by atomic mass is 9.97. The van der Waals surface area contributed by atoms with Crippen molar-refractivity contribution in [3.63, 3.8) is 0 Å². The lowest BCUT2D eigenvalue weighted by molar-refractivity contribution is 0.151. The molecule has 0 saturated heterocycles. The number of rotatable bonds is 7. The average molecular weight is 374 g/mol. The van der Waals surface area contributed by atoms with Gasteiger partial charge in [-0.1, -0.05) is 35.9 Å². The first-order valence-corrected chi connectivity index (χ1v) is 8.03. The van der Waals surface area contributed by atoms with Gasteiger partial charge in [0.05, 0.1) is 11.3 Å². The van der Waals surface area contributed by atoms with Gasteiger partial charge in [0.25, 0.3) is 0 Å². The highest BCUT2D eigenvalue weighted by atomic mass is 35.5. The predicted octanol–water partition coefficient (Wildman–Crippen LogP) is 6.20. The number of hydrogen-bond donors (Lipinski definition) is 1. The minimum Gasteiger partial charge on any atom is -0.387 e. The van der Waals surface area contributed by atoms with Crippen molar-refractivity contribution in [2.75, 3.05) is 7.05 Å². The Balaban J connectivity index is 3.73.